The van der Waals surface area contributed by atoms with Gasteiger partial charge in [0.1, 0.15) is 10.8 Å². The van der Waals surface area contributed by atoms with Crippen molar-refractivity contribution in [3.63, 3.8) is 0 Å². The second-order valence-electron chi connectivity index (χ2n) is 5.74. The van der Waals surface area contributed by atoms with Gasteiger partial charge in [0.15, 0.2) is 0 Å². The summed E-state index contributed by atoms with van der Waals surface area (Å²) >= 11 is 6.05. The van der Waals surface area contributed by atoms with Crippen molar-refractivity contribution in [1.29, 1.82) is 0 Å². The summed E-state index contributed by atoms with van der Waals surface area (Å²) in [7, 11) is 1.65. The van der Waals surface area contributed by atoms with Crippen molar-refractivity contribution in [2.45, 2.75) is 6.04 Å². The Labute approximate surface area is 150 Å². The van der Waals surface area contributed by atoms with Gasteiger partial charge in [0, 0.05) is 19.6 Å². The molecular weight excluding hydrogens is 344 g/mol. The fraction of sp³-hybridized carbons (Fsp3) is 0.412. The lowest BCUT2D eigenvalue weighted by molar-refractivity contribution is 0.0187. The van der Waals surface area contributed by atoms with E-state index in [4.69, 9.17) is 21.1 Å². The Bertz CT molecular complexity index is 744. The molecule has 7 nitrogen and oxygen atoms in total. The van der Waals surface area contributed by atoms with Crippen LogP contribution in [0.15, 0.2) is 35.3 Å². The van der Waals surface area contributed by atoms with Crippen molar-refractivity contribution in [3.8, 4) is 5.75 Å². The van der Waals surface area contributed by atoms with E-state index in [1.807, 2.05) is 12.1 Å². The SMILES string of the molecule is COc1ccc(C(CNc2cn[nH]c(=O)c2Cl)N2CCOCC2)cc1. The van der Waals surface area contributed by atoms with Gasteiger partial charge in [0.25, 0.3) is 5.56 Å². The summed E-state index contributed by atoms with van der Waals surface area (Å²) in [5, 5.41) is 9.48. The van der Waals surface area contributed by atoms with E-state index in [2.05, 4.69) is 32.5 Å². The Morgan fingerprint density at radius 1 is 1.36 bits per heavy atom. The van der Waals surface area contributed by atoms with E-state index in [-0.39, 0.29) is 11.1 Å². The zero-order valence-electron chi connectivity index (χ0n) is 14.0. The van der Waals surface area contributed by atoms with E-state index in [0.29, 0.717) is 25.4 Å². The number of morpholine rings is 1. The van der Waals surface area contributed by atoms with Gasteiger partial charge in [0.05, 0.1) is 38.2 Å². The highest BCUT2D eigenvalue weighted by Crippen LogP contribution is 2.25. The molecule has 1 aromatic heterocycles. The topological polar surface area (TPSA) is 79.5 Å². The summed E-state index contributed by atoms with van der Waals surface area (Å²) in [5.74, 6) is 0.819. The number of benzene rings is 1. The smallest absolute Gasteiger partial charge is 0.285 e. The number of methoxy groups -OCH3 is 1. The van der Waals surface area contributed by atoms with Gasteiger partial charge >= 0.3 is 0 Å². The molecule has 1 aliphatic heterocycles. The molecule has 0 radical (unpaired) electrons. The molecule has 0 bridgehead atoms. The Balaban J connectivity index is 1.80. The first-order chi connectivity index (χ1) is 12.2. The maximum Gasteiger partial charge on any atom is 0.285 e. The highest BCUT2D eigenvalue weighted by atomic mass is 35.5. The number of rotatable bonds is 6. The molecule has 134 valence electrons. The van der Waals surface area contributed by atoms with Crippen LogP contribution in [0.4, 0.5) is 5.69 Å². The second kappa shape index (κ2) is 8.33. The monoisotopic (exact) mass is 364 g/mol. The van der Waals surface area contributed by atoms with Crippen LogP contribution < -0.4 is 15.6 Å². The van der Waals surface area contributed by atoms with Gasteiger partial charge in [-0.15, -0.1) is 0 Å². The molecule has 1 fully saturated rings. The van der Waals surface area contributed by atoms with E-state index in [0.717, 1.165) is 24.4 Å². The molecule has 1 aliphatic rings. The molecule has 2 heterocycles. The fourth-order valence-electron chi connectivity index (χ4n) is 2.89. The van der Waals surface area contributed by atoms with Crippen molar-refractivity contribution in [1.82, 2.24) is 15.1 Å². The second-order valence-corrected chi connectivity index (χ2v) is 6.12. The van der Waals surface area contributed by atoms with Gasteiger partial charge in [-0.2, -0.15) is 5.10 Å². The van der Waals surface area contributed by atoms with E-state index in [1.54, 1.807) is 7.11 Å². The van der Waals surface area contributed by atoms with E-state index in [1.165, 1.54) is 6.20 Å². The van der Waals surface area contributed by atoms with Crippen LogP contribution in [0.1, 0.15) is 11.6 Å². The summed E-state index contributed by atoms with van der Waals surface area (Å²) in [6, 6.07) is 8.12. The molecule has 1 unspecified atom stereocenters. The molecule has 2 N–H and O–H groups in total. The van der Waals surface area contributed by atoms with Crippen LogP contribution >= 0.6 is 11.6 Å². The maximum absolute atomic E-state index is 11.6. The first kappa shape index (κ1) is 17.7. The molecule has 1 saturated heterocycles. The largest absolute Gasteiger partial charge is 0.497 e. The summed E-state index contributed by atoms with van der Waals surface area (Å²) < 4.78 is 10.7. The summed E-state index contributed by atoms with van der Waals surface area (Å²) in [4.78, 5) is 13.9. The van der Waals surface area contributed by atoms with Gasteiger partial charge in [0.2, 0.25) is 0 Å². The van der Waals surface area contributed by atoms with Crippen LogP contribution in [0.5, 0.6) is 5.75 Å². The summed E-state index contributed by atoms with van der Waals surface area (Å²) in [6.07, 6.45) is 1.52. The number of aromatic amines is 1. The number of ether oxygens (including phenoxy) is 2. The quantitative estimate of drug-likeness (QED) is 0.815. The van der Waals surface area contributed by atoms with Crippen molar-refractivity contribution in [2.75, 3.05) is 45.3 Å². The normalized spacial score (nSPS) is 16.4. The lowest BCUT2D eigenvalue weighted by Gasteiger charge is -2.35. The molecule has 1 atom stereocenters. The molecule has 3 rings (SSSR count). The van der Waals surface area contributed by atoms with Crippen LogP contribution in [0.3, 0.4) is 0 Å². The first-order valence-electron chi connectivity index (χ1n) is 8.12. The van der Waals surface area contributed by atoms with Gasteiger partial charge in [-0.3, -0.25) is 9.69 Å². The summed E-state index contributed by atoms with van der Waals surface area (Å²) in [6.45, 7) is 3.70. The molecule has 8 heteroatoms. The first-order valence-corrected chi connectivity index (χ1v) is 8.49. The number of nitrogens with zero attached hydrogens (tertiary/aromatic N) is 2. The molecule has 25 heavy (non-hydrogen) atoms. The average molecular weight is 365 g/mol. The lowest BCUT2D eigenvalue weighted by Crippen LogP contribution is -2.41. The predicted molar refractivity (Wildman–Crippen MR) is 96.5 cm³/mol. The van der Waals surface area contributed by atoms with Crippen LogP contribution in [-0.2, 0) is 4.74 Å². The number of anilines is 1. The lowest BCUT2D eigenvalue weighted by atomic mass is 10.0. The zero-order chi connectivity index (χ0) is 17.6. The standard InChI is InChI=1S/C17H21ClN4O3/c1-24-13-4-2-12(3-5-13)15(22-6-8-25-9-7-22)11-19-14-10-20-21-17(23)16(14)18/h2-5,10,15H,6-9,11H2,1H3,(H2,19,21,23). The fourth-order valence-corrected chi connectivity index (χ4v) is 3.04. The van der Waals surface area contributed by atoms with Crippen LogP contribution in [-0.4, -0.2) is 55.1 Å². The van der Waals surface area contributed by atoms with E-state index < -0.39 is 5.56 Å². The predicted octanol–water partition coefficient (Wildman–Crippen LogP) is 1.92. The molecule has 0 saturated carbocycles. The zero-order valence-corrected chi connectivity index (χ0v) is 14.8. The van der Waals surface area contributed by atoms with Crippen LogP contribution in [0.2, 0.25) is 5.02 Å². The maximum atomic E-state index is 11.6. The van der Waals surface area contributed by atoms with Gasteiger partial charge in [-0.1, -0.05) is 23.7 Å². The third-order valence-corrected chi connectivity index (χ3v) is 4.64. The number of H-pyrrole nitrogens is 1. The van der Waals surface area contributed by atoms with E-state index >= 15 is 0 Å². The minimum absolute atomic E-state index is 0.116. The molecule has 1 aromatic carbocycles. The molecule has 2 aromatic rings. The van der Waals surface area contributed by atoms with Crippen LogP contribution in [0.25, 0.3) is 0 Å². The Morgan fingerprint density at radius 2 is 2.08 bits per heavy atom. The minimum atomic E-state index is -0.404. The number of halogens is 1. The van der Waals surface area contributed by atoms with Crippen molar-refractivity contribution in [2.24, 2.45) is 0 Å². The summed E-state index contributed by atoms with van der Waals surface area (Å²) in [5.41, 5.74) is 1.28. The minimum Gasteiger partial charge on any atom is -0.497 e. The van der Waals surface area contributed by atoms with Crippen LogP contribution in [0, 0.1) is 0 Å². The Kier molecular flexibility index (Phi) is 5.91. The van der Waals surface area contributed by atoms with Gasteiger partial charge in [-0.05, 0) is 17.7 Å². The third-order valence-electron chi connectivity index (χ3n) is 4.27. The van der Waals surface area contributed by atoms with Gasteiger partial charge in [-0.25, -0.2) is 5.10 Å². The molecule has 0 amide bonds. The number of hydrogen-bond donors (Lipinski definition) is 2. The number of aromatic nitrogens is 2. The molecular formula is C17H21ClN4O3. The Morgan fingerprint density at radius 3 is 2.76 bits per heavy atom. The Hall–Kier alpha value is -2.09. The van der Waals surface area contributed by atoms with Crippen molar-refractivity contribution >= 4 is 17.3 Å². The highest BCUT2D eigenvalue weighted by molar-refractivity contribution is 6.32. The molecule has 0 spiro atoms. The average Bonchev–Trinajstić information content (AvgIpc) is 2.66. The van der Waals surface area contributed by atoms with E-state index in [9.17, 15) is 4.79 Å². The van der Waals surface area contributed by atoms with Gasteiger partial charge < -0.3 is 14.8 Å². The van der Waals surface area contributed by atoms with Crippen molar-refractivity contribution < 1.29 is 9.47 Å². The number of nitrogens with one attached hydrogen (secondary N) is 2. The third kappa shape index (κ3) is 4.31. The van der Waals surface area contributed by atoms with Crippen molar-refractivity contribution in [3.05, 3.63) is 51.4 Å². The highest BCUT2D eigenvalue weighted by Gasteiger charge is 2.23. The number of hydrogen-bond acceptors (Lipinski definition) is 6. The molecule has 0 aliphatic carbocycles.